The number of piperidine rings is 1. The van der Waals surface area contributed by atoms with E-state index in [-0.39, 0.29) is 11.8 Å². The molecule has 1 unspecified atom stereocenters. The molecule has 25 heavy (non-hydrogen) atoms. The van der Waals surface area contributed by atoms with Crippen LogP contribution in [0.25, 0.3) is 0 Å². The molecule has 2 aliphatic heterocycles. The second-order valence-corrected chi connectivity index (χ2v) is 7.50. The highest BCUT2D eigenvalue weighted by atomic mass is 16.5. The lowest BCUT2D eigenvalue weighted by Gasteiger charge is -2.32. The molecule has 1 aromatic rings. The van der Waals surface area contributed by atoms with E-state index in [9.17, 15) is 4.79 Å². The predicted octanol–water partition coefficient (Wildman–Crippen LogP) is 3.49. The Morgan fingerprint density at radius 1 is 1.24 bits per heavy atom. The van der Waals surface area contributed by atoms with Crippen LogP contribution < -0.4 is 10.1 Å². The molecule has 3 rings (SSSR count). The number of rotatable bonds is 5. The first-order valence-corrected chi connectivity index (χ1v) is 9.48. The van der Waals surface area contributed by atoms with E-state index in [4.69, 9.17) is 4.74 Å². The number of carbonyl (C=O) groups excluding carboxylic acids is 1. The monoisotopic (exact) mass is 342 g/mol. The molecule has 1 atom stereocenters. The number of likely N-dealkylation sites (tertiary alicyclic amines) is 1. The minimum absolute atomic E-state index is 0.185. The second-order valence-electron chi connectivity index (χ2n) is 7.50. The Hall–Kier alpha value is -1.81. The molecule has 4 nitrogen and oxygen atoms in total. The minimum atomic E-state index is 0.185. The molecule has 1 N–H and O–H groups in total. The van der Waals surface area contributed by atoms with Crippen molar-refractivity contribution in [1.29, 1.82) is 0 Å². The van der Waals surface area contributed by atoms with Crippen LogP contribution in [-0.4, -0.2) is 43.1 Å². The van der Waals surface area contributed by atoms with Crippen LogP contribution in [-0.2, 0) is 4.79 Å². The van der Waals surface area contributed by atoms with Crippen molar-refractivity contribution in [2.24, 2.45) is 0 Å². The average molecular weight is 342 g/mol. The molecule has 0 spiro atoms. The van der Waals surface area contributed by atoms with Crippen LogP contribution in [0.15, 0.2) is 35.9 Å². The van der Waals surface area contributed by atoms with Crippen molar-refractivity contribution >= 4 is 5.91 Å². The first-order valence-electron chi connectivity index (χ1n) is 9.48. The summed E-state index contributed by atoms with van der Waals surface area (Å²) < 4.78 is 5.69. The molecule has 0 aliphatic carbocycles. The first kappa shape index (κ1) is 18.0. The van der Waals surface area contributed by atoms with E-state index in [0.29, 0.717) is 19.1 Å². The number of hydrogen-bond donors (Lipinski definition) is 1. The van der Waals surface area contributed by atoms with E-state index in [1.165, 1.54) is 11.1 Å². The van der Waals surface area contributed by atoms with Crippen molar-refractivity contribution in [3.63, 3.8) is 0 Å². The summed E-state index contributed by atoms with van der Waals surface area (Å²) in [7, 11) is 0. The maximum Gasteiger partial charge on any atom is 0.220 e. The van der Waals surface area contributed by atoms with Crippen LogP contribution in [0.5, 0.6) is 5.75 Å². The van der Waals surface area contributed by atoms with Gasteiger partial charge >= 0.3 is 0 Å². The number of hydrogen-bond acceptors (Lipinski definition) is 3. The van der Waals surface area contributed by atoms with Gasteiger partial charge in [-0.3, -0.25) is 9.69 Å². The van der Waals surface area contributed by atoms with Gasteiger partial charge in [0.25, 0.3) is 0 Å². The van der Waals surface area contributed by atoms with Gasteiger partial charge in [0.15, 0.2) is 0 Å². The zero-order chi connectivity index (χ0) is 17.6. The van der Waals surface area contributed by atoms with Crippen molar-refractivity contribution in [2.75, 3.05) is 26.2 Å². The van der Waals surface area contributed by atoms with Gasteiger partial charge in [-0.15, -0.1) is 0 Å². The van der Waals surface area contributed by atoms with E-state index in [1.807, 2.05) is 18.2 Å². The Morgan fingerprint density at radius 2 is 2.00 bits per heavy atom. The number of ether oxygens (including phenoxy) is 1. The van der Waals surface area contributed by atoms with Crippen molar-refractivity contribution in [3.8, 4) is 5.75 Å². The highest BCUT2D eigenvalue weighted by molar-refractivity contribution is 5.77. The van der Waals surface area contributed by atoms with Gasteiger partial charge in [0.05, 0.1) is 6.61 Å². The van der Waals surface area contributed by atoms with Crippen LogP contribution in [0.3, 0.4) is 0 Å². The quantitative estimate of drug-likeness (QED) is 0.833. The molecule has 1 fully saturated rings. The average Bonchev–Trinajstić information content (AvgIpc) is 2.61. The van der Waals surface area contributed by atoms with Crippen molar-refractivity contribution in [2.45, 2.75) is 51.5 Å². The van der Waals surface area contributed by atoms with Gasteiger partial charge in [0.1, 0.15) is 5.75 Å². The van der Waals surface area contributed by atoms with Gasteiger partial charge in [-0.25, -0.2) is 0 Å². The Morgan fingerprint density at radius 3 is 2.76 bits per heavy atom. The van der Waals surface area contributed by atoms with Gasteiger partial charge in [0, 0.05) is 32.1 Å². The molecule has 2 heterocycles. The van der Waals surface area contributed by atoms with Gasteiger partial charge < -0.3 is 10.1 Å². The third-order valence-corrected chi connectivity index (χ3v) is 5.22. The summed E-state index contributed by atoms with van der Waals surface area (Å²) in [6.07, 6.45) is 5.87. The Labute approximate surface area is 151 Å². The molecule has 1 amide bonds. The van der Waals surface area contributed by atoms with E-state index >= 15 is 0 Å². The lowest BCUT2D eigenvalue weighted by atomic mass is 9.90. The van der Waals surface area contributed by atoms with Gasteiger partial charge in [0.2, 0.25) is 5.91 Å². The summed E-state index contributed by atoms with van der Waals surface area (Å²) in [4.78, 5) is 15.0. The van der Waals surface area contributed by atoms with Gasteiger partial charge in [-0.2, -0.15) is 0 Å². The third-order valence-electron chi connectivity index (χ3n) is 5.22. The van der Waals surface area contributed by atoms with E-state index in [1.54, 1.807) is 0 Å². The standard InChI is InChI=1S/C21H30N2O2/c1-16(2)7-11-23-12-8-18(9-13-23)22-21(24)15-17-10-14-25-20-6-4-3-5-19(17)20/h3-7,17-18H,8-15H2,1-2H3,(H,22,24). The highest BCUT2D eigenvalue weighted by Crippen LogP contribution is 2.35. The van der Waals surface area contributed by atoms with Crippen LogP contribution in [0.1, 0.15) is 51.0 Å². The zero-order valence-corrected chi connectivity index (χ0v) is 15.5. The van der Waals surface area contributed by atoms with Gasteiger partial charge in [-0.1, -0.05) is 29.8 Å². The number of amides is 1. The van der Waals surface area contributed by atoms with Gasteiger partial charge in [-0.05, 0) is 50.7 Å². The molecule has 0 aromatic heterocycles. The number of nitrogens with one attached hydrogen (secondary N) is 1. The fourth-order valence-electron chi connectivity index (χ4n) is 3.71. The molecular formula is C21H30N2O2. The minimum Gasteiger partial charge on any atom is -0.493 e. The molecule has 0 saturated carbocycles. The smallest absolute Gasteiger partial charge is 0.220 e. The Bertz CT molecular complexity index is 614. The van der Waals surface area contributed by atoms with Crippen LogP contribution >= 0.6 is 0 Å². The maximum atomic E-state index is 12.5. The highest BCUT2D eigenvalue weighted by Gasteiger charge is 2.25. The van der Waals surface area contributed by atoms with E-state index in [2.05, 4.69) is 36.2 Å². The molecule has 4 heteroatoms. The number of carbonyl (C=O) groups is 1. The fraction of sp³-hybridized carbons (Fsp3) is 0.571. The molecule has 2 aliphatic rings. The first-order chi connectivity index (χ1) is 12.1. The molecule has 0 bridgehead atoms. The van der Waals surface area contributed by atoms with E-state index < -0.39 is 0 Å². The normalized spacial score (nSPS) is 21.1. The van der Waals surface area contributed by atoms with Crippen molar-refractivity contribution in [1.82, 2.24) is 10.2 Å². The van der Waals surface area contributed by atoms with Crippen LogP contribution in [0.4, 0.5) is 0 Å². The summed E-state index contributed by atoms with van der Waals surface area (Å²) in [5.74, 6) is 1.41. The number of nitrogens with zero attached hydrogens (tertiary/aromatic N) is 1. The molecule has 1 saturated heterocycles. The summed E-state index contributed by atoms with van der Waals surface area (Å²) in [5, 5.41) is 3.26. The van der Waals surface area contributed by atoms with Crippen LogP contribution in [0, 0.1) is 0 Å². The number of para-hydroxylation sites is 1. The topological polar surface area (TPSA) is 41.6 Å². The predicted molar refractivity (Wildman–Crippen MR) is 101 cm³/mol. The van der Waals surface area contributed by atoms with Crippen LogP contribution in [0.2, 0.25) is 0 Å². The molecule has 1 aromatic carbocycles. The maximum absolute atomic E-state index is 12.5. The summed E-state index contributed by atoms with van der Waals surface area (Å²) in [6, 6.07) is 8.44. The zero-order valence-electron chi connectivity index (χ0n) is 15.5. The lowest BCUT2D eigenvalue weighted by molar-refractivity contribution is -0.122. The van der Waals surface area contributed by atoms with E-state index in [0.717, 1.165) is 44.6 Å². The SMILES string of the molecule is CC(C)=CCN1CCC(NC(=O)CC2CCOc3ccccc32)CC1. The third kappa shape index (κ3) is 5.08. The number of fused-ring (bicyclic) bond motifs is 1. The largest absolute Gasteiger partial charge is 0.493 e. The lowest BCUT2D eigenvalue weighted by Crippen LogP contribution is -2.45. The Balaban J connectivity index is 1.46. The van der Waals surface area contributed by atoms with Crippen molar-refractivity contribution < 1.29 is 9.53 Å². The number of benzene rings is 1. The van der Waals surface area contributed by atoms with Crippen molar-refractivity contribution in [3.05, 3.63) is 41.5 Å². The number of allylic oxidation sites excluding steroid dienone is 1. The Kier molecular flexibility index (Phi) is 6.14. The molecule has 136 valence electrons. The molecular weight excluding hydrogens is 312 g/mol. The molecule has 0 radical (unpaired) electrons. The summed E-state index contributed by atoms with van der Waals surface area (Å²) in [5.41, 5.74) is 2.55. The fourth-order valence-corrected chi connectivity index (χ4v) is 3.71. The second kappa shape index (κ2) is 8.52. The summed E-state index contributed by atoms with van der Waals surface area (Å²) in [6.45, 7) is 8.14. The summed E-state index contributed by atoms with van der Waals surface area (Å²) >= 11 is 0.